The first kappa shape index (κ1) is 9.39. The fourth-order valence-corrected chi connectivity index (χ4v) is 0.448. The van der Waals surface area contributed by atoms with Gasteiger partial charge in [-0.3, -0.25) is 4.79 Å². The molecule has 0 aliphatic heterocycles. The van der Waals surface area contributed by atoms with Crippen molar-refractivity contribution in [2.24, 2.45) is 5.73 Å². The Morgan fingerprint density at radius 2 is 2.20 bits per heavy atom. The van der Waals surface area contributed by atoms with Crippen LogP contribution in [-0.2, 0) is 14.3 Å². The molecular weight excluding hydrogens is 134 g/mol. The third-order valence-electron chi connectivity index (χ3n) is 0.923. The maximum Gasteiger partial charge on any atom is 0.319 e. The first-order valence-corrected chi connectivity index (χ1v) is 3.16. The summed E-state index contributed by atoms with van der Waals surface area (Å²) in [4.78, 5) is 10.4. The van der Waals surface area contributed by atoms with Crippen molar-refractivity contribution in [3.8, 4) is 0 Å². The Balaban J connectivity index is 2.96. The summed E-state index contributed by atoms with van der Waals surface area (Å²) >= 11 is 0. The van der Waals surface area contributed by atoms with Gasteiger partial charge in [0.2, 0.25) is 0 Å². The lowest BCUT2D eigenvalue weighted by Gasteiger charge is -2.00. The van der Waals surface area contributed by atoms with Crippen LogP contribution in [0, 0.1) is 0 Å². The van der Waals surface area contributed by atoms with Gasteiger partial charge in [-0.15, -0.1) is 0 Å². The van der Waals surface area contributed by atoms with Crippen LogP contribution in [0.2, 0.25) is 0 Å². The summed E-state index contributed by atoms with van der Waals surface area (Å²) in [6, 6.07) is 0. The number of methoxy groups -OCH3 is 1. The summed E-state index contributed by atoms with van der Waals surface area (Å²) < 4.78 is 9.38. The Hall–Kier alpha value is -0.610. The maximum absolute atomic E-state index is 10.4. The minimum Gasteiger partial charge on any atom is -0.465 e. The lowest BCUT2D eigenvalue weighted by atomic mass is 10.5. The monoisotopic (exact) mass is 147 g/mol. The van der Waals surface area contributed by atoms with E-state index in [1.54, 1.807) is 7.11 Å². The summed E-state index contributed by atoms with van der Waals surface area (Å²) in [7, 11) is 1.60. The Labute approximate surface area is 60.3 Å². The van der Waals surface area contributed by atoms with Crippen LogP contribution >= 0.6 is 0 Å². The van der Waals surface area contributed by atoms with E-state index in [9.17, 15) is 4.79 Å². The molecule has 4 heteroatoms. The highest BCUT2D eigenvalue weighted by Gasteiger charge is 1.95. The lowest BCUT2D eigenvalue weighted by Crippen LogP contribution is -2.17. The molecule has 0 fully saturated rings. The molecule has 0 bridgehead atoms. The van der Waals surface area contributed by atoms with Gasteiger partial charge in [0.1, 0.15) is 0 Å². The molecular formula is C6H13NO3. The van der Waals surface area contributed by atoms with Gasteiger partial charge < -0.3 is 15.2 Å². The molecule has 0 aliphatic rings. The third-order valence-corrected chi connectivity index (χ3v) is 0.923. The van der Waals surface area contributed by atoms with E-state index in [-0.39, 0.29) is 12.5 Å². The van der Waals surface area contributed by atoms with E-state index >= 15 is 0 Å². The molecule has 0 atom stereocenters. The summed E-state index contributed by atoms with van der Waals surface area (Å²) in [6.45, 7) is 0.953. The average molecular weight is 147 g/mol. The van der Waals surface area contributed by atoms with Gasteiger partial charge in [0.25, 0.3) is 0 Å². The first-order valence-electron chi connectivity index (χ1n) is 3.16. The van der Waals surface area contributed by atoms with E-state index in [1.807, 2.05) is 0 Å². The van der Waals surface area contributed by atoms with E-state index in [0.717, 1.165) is 6.42 Å². The molecule has 0 heterocycles. The summed E-state index contributed by atoms with van der Waals surface area (Å²) in [6.07, 6.45) is 0.724. The number of hydrogen-bond donors (Lipinski definition) is 1. The third kappa shape index (κ3) is 5.53. The molecule has 0 aliphatic carbocycles. The summed E-state index contributed by atoms with van der Waals surface area (Å²) in [5, 5.41) is 0. The SMILES string of the molecule is COCCCOC(=O)CN. The van der Waals surface area contributed by atoms with Crippen molar-refractivity contribution in [3.63, 3.8) is 0 Å². The van der Waals surface area contributed by atoms with Crippen molar-refractivity contribution in [3.05, 3.63) is 0 Å². The van der Waals surface area contributed by atoms with Crippen molar-refractivity contribution in [1.82, 2.24) is 0 Å². The molecule has 0 spiro atoms. The molecule has 0 aromatic rings. The zero-order valence-corrected chi connectivity index (χ0v) is 6.13. The number of nitrogens with two attached hydrogens (primary N) is 1. The highest BCUT2D eigenvalue weighted by molar-refractivity contribution is 5.71. The maximum atomic E-state index is 10.4. The van der Waals surface area contributed by atoms with Gasteiger partial charge in [-0.05, 0) is 0 Å². The molecule has 0 rings (SSSR count). The second-order valence-electron chi connectivity index (χ2n) is 1.77. The number of carbonyl (C=O) groups excluding carboxylic acids is 1. The molecule has 4 nitrogen and oxygen atoms in total. The predicted octanol–water partition coefficient (Wildman–Crippen LogP) is -0.475. The van der Waals surface area contributed by atoms with Crippen molar-refractivity contribution in [2.75, 3.05) is 26.9 Å². The summed E-state index contributed by atoms with van der Waals surface area (Å²) in [5.74, 6) is -0.365. The van der Waals surface area contributed by atoms with E-state index in [1.165, 1.54) is 0 Å². The standard InChI is InChI=1S/C6H13NO3/c1-9-3-2-4-10-6(8)5-7/h2-5,7H2,1H3. The zero-order chi connectivity index (χ0) is 7.82. The molecule has 0 saturated heterocycles. The van der Waals surface area contributed by atoms with Gasteiger partial charge >= 0.3 is 5.97 Å². The summed E-state index contributed by atoms with van der Waals surface area (Å²) in [5.41, 5.74) is 4.98. The molecule has 10 heavy (non-hydrogen) atoms. The average Bonchev–Trinajstić information content (AvgIpc) is 1.98. The van der Waals surface area contributed by atoms with Crippen LogP contribution in [0.15, 0.2) is 0 Å². The van der Waals surface area contributed by atoms with Crippen LogP contribution in [0.25, 0.3) is 0 Å². The fourth-order valence-electron chi connectivity index (χ4n) is 0.448. The van der Waals surface area contributed by atoms with Crippen molar-refractivity contribution >= 4 is 5.97 Å². The minimum atomic E-state index is -0.365. The molecule has 0 aromatic carbocycles. The van der Waals surface area contributed by atoms with Gasteiger partial charge in [0, 0.05) is 20.1 Å². The van der Waals surface area contributed by atoms with Gasteiger partial charge in [0.05, 0.1) is 13.2 Å². The van der Waals surface area contributed by atoms with Crippen LogP contribution in [0.5, 0.6) is 0 Å². The van der Waals surface area contributed by atoms with Crippen molar-refractivity contribution < 1.29 is 14.3 Å². The van der Waals surface area contributed by atoms with Crippen LogP contribution in [0.1, 0.15) is 6.42 Å². The van der Waals surface area contributed by atoms with Gasteiger partial charge in [-0.25, -0.2) is 0 Å². The second-order valence-corrected chi connectivity index (χ2v) is 1.77. The normalized spacial score (nSPS) is 9.40. The zero-order valence-electron chi connectivity index (χ0n) is 6.13. The van der Waals surface area contributed by atoms with Crippen molar-refractivity contribution in [1.29, 1.82) is 0 Å². The first-order chi connectivity index (χ1) is 4.81. The number of esters is 1. The molecule has 60 valence electrons. The fraction of sp³-hybridized carbons (Fsp3) is 0.833. The van der Waals surface area contributed by atoms with E-state index in [0.29, 0.717) is 13.2 Å². The minimum absolute atomic E-state index is 0.0486. The highest BCUT2D eigenvalue weighted by atomic mass is 16.5. The Kier molecular flexibility index (Phi) is 6.11. The van der Waals surface area contributed by atoms with E-state index < -0.39 is 0 Å². The van der Waals surface area contributed by atoms with Crippen LogP contribution in [0.4, 0.5) is 0 Å². The van der Waals surface area contributed by atoms with Crippen molar-refractivity contribution in [2.45, 2.75) is 6.42 Å². The molecule has 0 aromatic heterocycles. The van der Waals surface area contributed by atoms with Gasteiger partial charge in [-0.2, -0.15) is 0 Å². The quantitative estimate of drug-likeness (QED) is 0.421. The molecule has 2 N–H and O–H groups in total. The number of hydrogen-bond acceptors (Lipinski definition) is 4. The highest BCUT2D eigenvalue weighted by Crippen LogP contribution is 1.82. The van der Waals surface area contributed by atoms with Crippen LogP contribution in [0.3, 0.4) is 0 Å². The molecule has 0 radical (unpaired) electrons. The number of ether oxygens (including phenoxy) is 2. The van der Waals surface area contributed by atoms with E-state index in [2.05, 4.69) is 4.74 Å². The second kappa shape index (κ2) is 6.51. The Bertz CT molecular complexity index is 95.0. The number of carbonyl (C=O) groups is 1. The Morgan fingerprint density at radius 3 is 2.70 bits per heavy atom. The largest absolute Gasteiger partial charge is 0.465 e. The topological polar surface area (TPSA) is 61.5 Å². The van der Waals surface area contributed by atoms with Crippen LogP contribution < -0.4 is 5.73 Å². The number of rotatable bonds is 5. The molecule has 0 amide bonds. The molecule has 0 saturated carbocycles. The van der Waals surface area contributed by atoms with E-state index in [4.69, 9.17) is 10.5 Å². The molecule has 0 unspecified atom stereocenters. The van der Waals surface area contributed by atoms with Gasteiger partial charge in [-0.1, -0.05) is 0 Å². The smallest absolute Gasteiger partial charge is 0.319 e. The van der Waals surface area contributed by atoms with Gasteiger partial charge in [0.15, 0.2) is 0 Å². The Morgan fingerprint density at radius 1 is 1.50 bits per heavy atom. The lowest BCUT2D eigenvalue weighted by molar-refractivity contribution is -0.142. The van der Waals surface area contributed by atoms with Crippen LogP contribution in [-0.4, -0.2) is 32.8 Å². The predicted molar refractivity (Wildman–Crippen MR) is 36.5 cm³/mol.